The molecule has 1 aromatic carbocycles. The van der Waals surface area contributed by atoms with Gasteiger partial charge >= 0.3 is 0 Å². The van der Waals surface area contributed by atoms with Crippen molar-refractivity contribution in [2.45, 2.75) is 13.0 Å². The Kier molecular flexibility index (Phi) is 4.51. The number of benzene rings is 1. The molecule has 0 unspecified atom stereocenters. The third kappa shape index (κ3) is 2.73. The minimum atomic E-state index is -0.780. The van der Waals surface area contributed by atoms with Crippen molar-refractivity contribution in [2.24, 2.45) is 0 Å². The molecule has 1 heterocycles. The van der Waals surface area contributed by atoms with Gasteiger partial charge in [-0.3, -0.25) is 15.0 Å². The Hall–Kier alpha value is -1.73. The standard InChI is InChI=1S/C13H18FN3O3/c1-9-2-3-10(17(19)20)12(13(9)18)11(8-14)16-6-4-15-5-7-16/h2-3,11,15,18H,4-8H2,1H3/t11-/m0/s1. The Morgan fingerprint density at radius 3 is 2.70 bits per heavy atom. The van der Waals surface area contributed by atoms with Crippen LogP contribution in [-0.2, 0) is 0 Å². The molecule has 2 rings (SSSR count). The van der Waals surface area contributed by atoms with E-state index in [1.807, 2.05) is 4.90 Å². The number of hydrogen-bond acceptors (Lipinski definition) is 5. The second kappa shape index (κ2) is 6.15. The summed E-state index contributed by atoms with van der Waals surface area (Å²) in [6.45, 7) is 3.49. The van der Waals surface area contributed by atoms with Gasteiger partial charge in [0.1, 0.15) is 12.4 Å². The molecule has 1 aromatic rings. The van der Waals surface area contributed by atoms with Crippen molar-refractivity contribution in [1.82, 2.24) is 10.2 Å². The zero-order chi connectivity index (χ0) is 14.7. The summed E-state index contributed by atoms with van der Waals surface area (Å²) in [5.41, 5.74) is 0.368. The molecule has 0 aromatic heterocycles. The molecule has 0 bridgehead atoms. The Morgan fingerprint density at radius 2 is 2.15 bits per heavy atom. The lowest BCUT2D eigenvalue weighted by atomic mass is 9.99. The minimum Gasteiger partial charge on any atom is -0.507 e. The number of rotatable bonds is 4. The lowest BCUT2D eigenvalue weighted by molar-refractivity contribution is -0.386. The average Bonchev–Trinajstić information content (AvgIpc) is 2.45. The first kappa shape index (κ1) is 14.7. The molecule has 0 amide bonds. The number of nitro benzene ring substituents is 1. The van der Waals surface area contributed by atoms with Crippen LogP contribution >= 0.6 is 0 Å². The molecule has 1 atom stereocenters. The SMILES string of the molecule is Cc1ccc([N+](=O)[O-])c([C@H](CF)N2CCNCC2)c1O. The van der Waals surface area contributed by atoms with Crippen LogP contribution in [-0.4, -0.2) is 47.8 Å². The molecule has 0 radical (unpaired) electrons. The van der Waals surface area contributed by atoms with Crippen molar-refractivity contribution in [3.8, 4) is 5.75 Å². The van der Waals surface area contributed by atoms with Gasteiger partial charge in [-0.05, 0) is 18.6 Å². The maximum absolute atomic E-state index is 13.5. The predicted molar refractivity (Wildman–Crippen MR) is 72.7 cm³/mol. The zero-order valence-corrected chi connectivity index (χ0v) is 11.3. The quantitative estimate of drug-likeness (QED) is 0.647. The van der Waals surface area contributed by atoms with Crippen LogP contribution in [0.15, 0.2) is 12.1 Å². The van der Waals surface area contributed by atoms with Crippen LogP contribution in [0.2, 0.25) is 0 Å². The number of piperazine rings is 1. The minimum absolute atomic E-state index is 0.0828. The molecule has 1 fully saturated rings. The summed E-state index contributed by atoms with van der Waals surface area (Å²) < 4.78 is 13.5. The molecule has 1 saturated heterocycles. The number of phenols is 1. The smallest absolute Gasteiger partial charge is 0.278 e. The van der Waals surface area contributed by atoms with Crippen LogP contribution in [0.5, 0.6) is 5.75 Å². The topological polar surface area (TPSA) is 78.6 Å². The lowest BCUT2D eigenvalue weighted by Gasteiger charge is -2.33. The van der Waals surface area contributed by atoms with Gasteiger partial charge in [-0.25, -0.2) is 4.39 Å². The number of halogens is 1. The van der Waals surface area contributed by atoms with E-state index in [2.05, 4.69) is 5.32 Å². The van der Waals surface area contributed by atoms with Gasteiger partial charge in [-0.2, -0.15) is 0 Å². The maximum Gasteiger partial charge on any atom is 0.278 e. The first-order valence-corrected chi connectivity index (χ1v) is 6.53. The van der Waals surface area contributed by atoms with Gasteiger partial charge < -0.3 is 10.4 Å². The highest BCUT2D eigenvalue weighted by Gasteiger charge is 2.31. The first-order valence-electron chi connectivity index (χ1n) is 6.53. The Balaban J connectivity index is 2.46. The number of nitro groups is 1. The first-order chi connectivity index (χ1) is 9.56. The van der Waals surface area contributed by atoms with E-state index in [4.69, 9.17) is 0 Å². The molecule has 0 saturated carbocycles. The summed E-state index contributed by atoms with van der Waals surface area (Å²) in [7, 11) is 0. The highest BCUT2D eigenvalue weighted by atomic mass is 19.1. The number of nitrogens with zero attached hydrogens (tertiary/aromatic N) is 2. The van der Waals surface area contributed by atoms with Gasteiger partial charge in [-0.1, -0.05) is 0 Å². The fraction of sp³-hybridized carbons (Fsp3) is 0.538. The van der Waals surface area contributed by atoms with Crippen LogP contribution < -0.4 is 5.32 Å². The number of nitrogens with one attached hydrogen (secondary N) is 1. The molecule has 20 heavy (non-hydrogen) atoms. The number of phenolic OH excluding ortho intramolecular Hbond substituents is 1. The highest BCUT2D eigenvalue weighted by Crippen LogP contribution is 2.38. The Morgan fingerprint density at radius 1 is 1.50 bits per heavy atom. The second-order valence-corrected chi connectivity index (χ2v) is 4.88. The molecular formula is C13H18FN3O3. The normalized spacial score (nSPS) is 17.9. The molecule has 1 aliphatic heterocycles. The molecule has 110 valence electrons. The summed E-state index contributed by atoms with van der Waals surface area (Å²) in [5.74, 6) is -0.180. The van der Waals surface area contributed by atoms with Gasteiger partial charge in [0.15, 0.2) is 0 Å². The fourth-order valence-corrected chi connectivity index (χ4v) is 2.55. The van der Waals surface area contributed by atoms with Gasteiger partial charge in [0.2, 0.25) is 0 Å². The van der Waals surface area contributed by atoms with Crippen LogP contribution in [0.4, 0.5) is 10.1 Å². The van der Waals surface area contributed by atoms with E-state index >= 15 is 0 Å². The second-order valence-electron chi connectivity index (χ2n) is 4.88. The van der Waals surface area contributed by atoms with Crippen molar-refractivity contribution >= 4 is 5.69 Å². The summed E-state index contributed by atoms with van der Waals surface area (Å²) in [4.78, 5) is 12.4. The summed E-state index contributed by atoms with van der Waals surface area (Å²) >= 11 is 0. The largest absolute Gasteiger partial charge is 0.507 e. The van der Waals surface area contributed by atoms with E-state index in [9.17, 15) is 19.6 Å². The number of hydrogen-bond donors (Lipinski definition) is 2. The number of alkyl halides is 1. The van der Waals surface area contributed by atoms with Gasteiger partial charge in [0, 0.05) is 32.2 Å². The molecule has 0 aliphatic carbocycles. The molecular weight excluding hydrogens is 265 g/mol. The van der Waals surface area contributed by atoms with Crippen molar-refractivity contribution < 1.29 is 14.4 Å². The maximum atomic E-state index is 13.5. The van der Waals surface area contributed by atoms with Crippen molar-refractivity contribution in [3.05, 3.63) is 33.4 Å². The molecule has 7 heteroatoms. The molecule has 6 nitrogen and oxygen atoms in total. The van der Waals surface area contributed by atoms with Crippen LogP contribution in [0, 0.1) is 17.0 Å². The van der Waals surface area contributed by atoms with Crippen LogP contribution in [0.1, 0.15) is 17.2 Å². The number of aryl methyl sites for hydroxylation is 1. The zero-order valence-electron chi connectivity index (χ0n) is 11.3. The van der Waals surface area contributed by atoms with E-state index in [1.54, 1.807) is 6.92 Å². The van der Waals surface area contributed by atoms with Crippen LogP contribution in [0.3, 0.4) is 0 Å². The molecule has 1 aliphatic rings. The predicted octanol–water partition coefficient (Wildman–Crippen LogP) is 1.52. The van der Waals surface area contributed by atoms with Gasteiger partial charge in [-0.15, -0.1) is 0 Å². The Bertz CT molecular complexity index is 504. The summed E-state index contributed by atoms with van der Waals surface area (Å²) in [6.07, 6.45) is 0. The monoisotopic (exact) mass is 283 g/mol. The molecule has 2 N–H and O–H groups in total. The van der Waals surface area contributed by atoms with E-state index in [0.29, 0.717) is 31.7 Å². The average molecular weight is 283 g/mol. The fourth-order valence-electron chi connectivity index (χ4n) is 2.55. The summed E-state index contributed by atoms with van der Waals surface area (Å²) in [5, 5.41) is 24.4. The van der Waals surface area contributed by atoms with E-state index in [0.717, 1.165) is 0 Å². The third-order valence-corrected chi connectivity index (χ3v) is 3.66. The summed E-state index contributed by atoms with van der Waals surface area (Å²) in [6, 6.07) is 2.02. The van der Waals surface area contributed by atoms with Crippen LogP contribution in [0.25, 0.3) is 0 Å². The number of aromatic hydroxyl groups is 1. The van der Waals surface area contributed by atoms with E-state index in [1.165, 1.54) is 12.1 Å². The van der Waals surface area contributed by atoms with Gasteiger partial charge in [0.05, 0.1) is 16.5 Å². The van der Waals surface area contributed by atoms with Crippen molar-refractivity contribution in [2.75, 3.05) is 32.9 Å². The third-order valence-electron chi connectivity index (χ3n) is 3.66. The van der Waals surface area contributed by atoms with E-state index in [-0.39, 0.29) is 17.0 Å². The van der Waals surface area contributed by atoms with Crippen molar-refractivity contribution in [1.29, 1.82) is 0 Å². The highest BCUT2D eigenvalue weighted by molar-refractivity contribution is 5.54. The van der Waals surface area contributed by atoms with E-state index < -0.39 is 17.6 Å². The lowest BCUT2D eigenvalue weighted by Crippen LogP contribution is -2.45. The molecule has 0 spiro atoms. The van der Waals surface area contributed by atoms with Gasteiger partial charge in [0.25, 0.3) is 5.69 Å². The Labute approximate surface area is 116 Å². The van der Waals surface area contributed by atoms with Crippen molar-refractivity contribution in [3.63, 3.8) is 0 Å².